The molecule has 3 atom stereocenters. The molecule has 43 heavy (non-hydrogen) atoms. The molecule has 0 aliphatic carbocycles. The number of esters is 1. The fourth-order valence-electron chi connectivity index (χ4n) is 7.54. The van der Waals surface area contributed by atoms with Crippen LogP contribution in [0.1, 0.15) is 68.9 Å². The van der Waals surface area contributed by atoms with Crippen LogP contribution in [0.5, 0.6) is 0 Å². The van der Waals surface area contributed by atoms with Gasteiger partial charge in [-0.15, -0.1) is 0 Å². The quantitative estimate of drug-likeness (QED) is 0.137. The number of unbranched alkanes of at least 4 members (excludes halogenated alkanes) is 1. The minimum absolute atomic E-state index is 0.191. The number of alkyl carbamates (subject to hydrolysis) is 1. The first kappa shape index (κ1) is 31.0. The summed E-state index contributed by atoms with van der Waals surface area (Å²) in [4.78, 5) is 37.6. The van der Waals surface area contributed by atoms with Gasteiger partial charge in [0.15, 0.2) is 6.79 Å². The average Bonchev–Trinajstić information content (AvgIpc) is 3.56. The van der Waals surface area contributed by atoms with Crippen LogP contribution in [0, 0.1) is 0 Å². The molecule has 2 bridgehead atoms. The largest absolute Gasteiger partial charge is 0.480 e. The fourth-order valence-corrected chi connectivity index (χ4v) is 7.54. The standard InChI is InChI=1S/C33H43N3O7/c34-29(30(37)38)15-7-8-18-35-32(40)41-23-42-33(24-11-3-1-4-12-24,25-13-5-2-6-14-25)31(39)43-28-21-26-16-17-27(22-28)36(26)19-9-10-20-36/h1-6,11-14,26-29H,7-10,15-23,34H2,(H-,35,37,38,40)/p+1/t26?,27?,28?,29-/m0/s1. The van der Waals surface area contributed by atoms with E-state index in [4.69, 9.17) is 25.1 Å². The van der Waals surface area contributed by atoms with Crippen LogP contribution in [0.2, 0.25) is 0 Å². The Bertz CT molecular complexity index is 1180. The number of nitrogens with zero attached hydrogens (tertiary/aromatic N) is 1. The molecule has 1 spiro atoms. The van der Waals surface area contributed by atoms with E-state index in [0.29, 0.717) is 49.0 Å². The van der Waals surface area contributed by atoms with E-state index in [1.807, 2.05) is 60.7 Å². The van der Waals surface area contributed by atoms with Crippen LogP contribution >= 0.6 is 0 Å². The maximum atomic E-state index is 14.3. The lowest BCUT2D eigenvalue weighted by Gasteiger charge is -2.47. The predicted octanol–water partition coefficient (Wildman–Crippen LogP) is 4.06. The van der Waals surface area contributed by atoms with Gasteiger partial charge in [-0.2, -0.15) is 0 Å². The Hall–Kier alpha value is -3.47. The van der Waals surface area contributed by atoms with E-state index in [1.54, 1.807) is 0 Å². The smallest absolute Gasteiger partial charge is 0.409 e. The Kier molecular flexibility index (Phi) is 10.00. The summed E-state index contributed by atoms with van der Waals surface area (Å²) in [5, 5.41) is 11.5. The lowest BCUT2D eigenvalue weighted by Crippen LogP contribution is -2.60. The van der Waals surface area contributed by atoms with Gasteiger partial charge in [-0.05, 0) is 30.4 Å². The lowest BCUT2D eigenvalue weighted by atomic mass is 9.85. The Balaban J connectivity index is 1.27. The fraction of sp³-hybridized carbons (Fsp3) is 0.545. The number of quaternary nitrogens is 1. The molecule has 3 saturated heterocycles. The molecule has 232 valence electrons. The molecule has 1 amide bonds. The molecule has 2 aromatic carbocycles. The zero-order valence-electron chi connectivity index (χ0n) is 24.7. The molecule has 4 N–H and O–H groups in total. The summed E-state index contributed by atoms with van der Waals surface area (Å²) in [6.07, 6.45) is 7.17. The zero-order valence-corrected chi connectivity index (χ0v) is 24.7. The molecule has 3 aliphatic heterocycles. The number of ether oxygens (including phenoxy) is 3. The van der Waals surface area contributed by atoms with Crippen molar-refractivity contribution in [3.63, 3.8) is 0 Å². The number of benzene rings is 2. The van der Waals surface area contributed by atoms with Crippen molar-refractivity contribution in [1.29, 1.82) is 0 Å². The van der Waals surface area contributed by atoms with Gasteiger partial charge in [-0.25, -0.2) is 9.59 Å². The van der Waals surface area contributed by atoms with Gasteiger partial charge in [0, 0.05) is 45.1 Å². The molecule has 10 heteroatoms. The van der Waals surface area contributed by atoms with E-state index in [2.05, 4.69) is 5.32 Å². The molecule has 3 fully saturated rings. The Morgan fingerprint density at radius 2 is 1.51 bits per heavy atom. The highest BCUT2D eigenvalue weighted by atomic mass is 16.7. The molecule has 2 unspecified atom stereocenters. The van der Waals surface area contributed by atoms with E-state index < -0.39 is 36.5 Å². The first-order valence-electron chi connectivity index (χ1n) is 15.6. The van der Waals surface area contributed by atoms with Gasteiger partial charge in [0.1, 0.15) is 12.1 Å². The summed E-state index contributed by atoms with van der Waals surface area (Å²) in [6, 6.07) is 18.6. The topological polar surface area (TPSA) is 137 Å². The van der Waals surface area contributed by atoms with E-state index in [9.17, 15) is 14.4 Å². The highest BCUT2D eigenvalue weighted by Gasteiger charge is 2.57. The molecular weight excluding hydrogens is 550 g/mol. The predicted molar refractivity (Wildman–Crippen MR) is 159 cm³/mol. The highest BCUT2D eigenvalue weighted by Crippen LogP contribution is 2.47. The van der Waals surface area contributed by atoms with Crippen LogP contribution in [0.3, 0.4) is 0 Å². The van der Waals surface area contributed by atoms with Crippen LogP contribution in [-0.2, 0) is 29.4 Å². The summed E-state index contributed by atoms with van der Waals surface area (Å²) in [5.41, 5.74) is 5.07. The summed E-state index contributed by atoms with van der Waals surface area (Å²) in [6.45, 7) is 2.29. The van der Waals surface area contributed by atoms with Gasteiger partial charge in [-0.3, -0.25) is 4.79 Å². The van der Waals surface area contributed by atoms with Gasteiger partial charge < -0.3 is 34.9 Å². The second kappa shape index (κ2) is 13.9. The van der Waals surface area contributed by atoms with Gasteiger partial charge in [-0.1, -0.05) is 60.7 Å². The number of rotatable bonds is 13. The van der Waals surface area contributed by atoms with E-state index in [-0.39, 0.29) is 6.10 Å². The number of nitrogens with two attached hydrogens (primary N) is 1. The number of carboxylic acids is 1. The van der Waals surface area contributed by atoms with Crippen molar-refractivity contribution >= 4 is 18.0 Å². The molecule has 3 aliphatic rings. The lowest BCUT2D eigenvalue weighted by molar-refractivity contribution is -0.956. The van der Waals surface area contributed by atoms with Crippen LogP contribution < -0.4 is 11.1 Å². The van der Waals surface area contributed by atoms with Crippen molar-refractivity contribution in [2.24, 2.45) is 5.73 Å². The molecule has 10 nitrogen and oxygen atoms in total. The number of hydrogen-bond donors (Lipinski definition) is 3. The minimum atomic E-state index is -1.63. The Morgan fingerprint density at radius 3 is 2.07 bits per heavy atom. The number of carboxylic acid groups (broad SMARTS) is 1. The third-order valence-corrected chi connectivity index (χ3v) is 9.67. The Labute approximate surface area is 253 Å². The van der Waals surface area contributed by atoms with Crippen molar-refractivity contribution in [3.05, 3.63) is 71.8 Å². The summed E-state index contributed by atoms with van der Waals surface area (Å²) in [5.74, 6) is -1.56. The third kappa shape index (κ3) is 6.71. The molecule has 3 heterocycles. The average molecular weight is 595 g/mol. The number of nitrogens with one attached hydrogen (secondary N) is 1. The van der Waals surface area contributed by atoms with Gasteiger partial charge in [0.25, 0.3) is 0 Å². The van der Waals surface area contributed by atoms with Crippen molar-refractivity contribution < 1.29 is 38.2 Å². The van der Waals surface area contributed by atoms with Gasteiger partial charge >= 0.3 is 18.0 Å². The second-order valence-electron chi connectivity index (χ2n) is 12.1. The van der Waals surface area contributed by atoms with Gasteiger partial charge in [0.2, 0.25) is 5.60 Å². The van der Waals surface area contributed by atoms with E-state index in [1.165, 1.54) is 43.3 Å². The van der Waals surface area contributed by atoms with Crippen molar-refractivity contribution in [2.45, 2.75) is 87.6 Å². The van der Waals surface area contributed by atoms with Crippen LogP contribution in [0.15, 0.2) is 60.7 Å². The zero-order chi connectivity index (χ0) is 30.3. The van der Waals surface area contributed by atoms with E-state index >= 15 is 0 Å². The van der Waals surface area contributed by atoms with Crippen LogP contribution in [0.4, 0.5) is 4.79 Å². The Morgan fingerprint density at radius 1 is 0.930 bits per heavy atom. The molecule has 2 aromatic rings. The summed E-state index contributed by atoms with van der Waals surface area (Å²) < 4.78 is 19.2. The van der Waals surface area contributed by atoms with E-state index in [0.717, 1.165) is 12.8 Å². The minimum Gasteiger partial charge on any atom is -0.480 e. The van der Waals surface area contributed by atoms with Crippen molar-refractivity contribution in [3.8, 4) is 0 Å². The van der Waals surface area contributed by atoms with Crippen molar-refractivity contribution in [2.75, 3.05) is 26.4 Å². The monoisotopic (exact) mass is 594 g/mol. The third-order valence-electron chi connectivity index (χ3n) is 9.67. The SMILES string of the molecule is N[C@@H](CCCCNC(=O)OCOC(C(=O)OC1CC2CCC(C1)[N+]21CCCC1)(c1ccccc1)c1ccccc1)C(=O)O. The normalized spacial score (nSPS) is 23.0. The molecule has 5 rings (SSSR count). The molecule has 0 radical (unpaired) electrons. The molecule has 0 aromatic heterocycles. The van der Waals surface area contributed by atoms with Crippen LogP contribution in [-0.4, -0.2) is 78.3 Å². The number of piperidine rings is 1. The van der Waals surface area contributed by atoms with Gasteiger partial charge in [0.05, 0.1) is 25.2 Å². The number of carbonyl (C=O) groups is 3. The molecule has 0 saturated carbocycles. The maximum absolute atomic E-state index is 14.3. The first-order valence-corrected chi connectivity index (χ1v) is 15.6. The second-order valence-corrected chi connectivity index (χ2v) is 12.1. The first-order chi connectivity index (χ1) is 20.8. The maximum Gasteiger partial charge on any atom is 0.409 e. The number of amides is 1. The summed E-state index contributed by atoms with van der Waals surface area (Å²) >= 11 is 0. The summed E-state index contributed by atoms with van der Waals surface area (Å²) in [7, 11) is 0. The van der Waals surface area contributed by atoms with Crippen LogP contribution in [0.25, 0.3) is 0 Å². The highest BCUT2D eigenvalue weighted by molar-refractivity contribution is 5.86. The number of hydrogen-bond acceptors (Lipinski definition) is 7. The van der Waals surface area contributed by atoms with Crippen molar-refractivity contribution in [1.82, 2.24) is 5.32 Å². The number of carbonyl (C=O) groups excluding carboxylic acids is 2. The number of aliphatic carboxylic acids is 1. The molecular formula is C33H44N3O7+.